The monoisotopic (exact) mass is 397 g/mol. The first kappa shape index (κ1) is 22.2. The number of carbonyl (C=O) groups excluding carboxylic acids is 1. The van der Waals surface area contributed by atoms with Gasteiger partial charge in [0.1, 0.15) is 5.75 Å². The minimum absolute atomic E-state index is 0. The normalized spacial score (nSPS) is 18.8. The molecule has 2 N–H and O–H groups in total. The molecule has 1 amide bonds. The van der Waals surface area contributed by atoms with E-state index in [1.165, 1.54) is 0 Å². The Morgan fingerprint density at radius 3 is 2.58 bits per heavy atom. The molecule has 2 heterocycles. The summed E-state index contributed by atoms with van der Waals surface area (Å²) in [6.07, 6.45) is 4.46. The Kier molecular flexibility index (Phi) is 8.85. The lowest BCUT2D eigenvalue weighted by molar-refractivity contribution is 0.0915. The van der Waals surface area contributed by atoms with Crippen LogP contribution in [0.2, 0.25) is 0 Å². The minimum atomic E-state index is -0.0709. The number of pyridine rings is 1. The van der Waals surface area contributed by atoms with E-state index < -0.39 is 0 Å². The summed E-state index contributed by atoms with van der Waals surface area (Å²) in [5.41, 5.74) is 2.51. The predicted octanol–water partition coefficient (Wildman–Crippen LogP) is 3.33. The summed E-state index contributed by atoms with van der Waals surface area (Å²) in [6, 6.07) is 9.77. The summed E-state index contributed by atoms with van der Waals surface area (Å²) in [4.78, 5) is 16.8. The summed E-state index contributed by atoms with van der Waals surface area (Å²) < 4.78 is 5.18. The van der Waals surface area contributed by atoms with Crippen LogP contribution in [0.25, 0.3) is 11.1 Å². The number of hydrogen-bond acceptors (Lipinski definition) is 4. The van der Waals surface area contributed by atoms with Gasteiger partial charge in [-0.25, -0.2) is 0 Å². The Labute approximate surface area is 166 Å². The van der Waals surface area contributed by atoms with Crippen molar-refractivity contribution in [2.24, 2.45) is 5.92 Å². The SMILES string of the molecule is COc1ccc(-c2cncc(C(=O)NC3CNCCC3C)c2)cc1.Cl.Cl. The lowest BCUT2D eigenvalue weighted by atomic mass is 9.94. The number of carbonyl (C=O) groups is 1. The van der Waals surface area contributed by atoms with Gasteiger partial charge in [0.05, 0.1) is 12.7 Å². The molecule has 1 saturated heterocycles. The number of nitrogens with one attached hydrogen (secondary N) is 2. The van der Waals surface area contributed by atoms with Gasteiger partial charge >= 0.3 is 0 Å². The fourth-order valence-electron chi connectivity index (χ4n) is 2.94. The number of halogens is 2. The molecule has 0 saturated carbocycles. The van der Waals surface area contributed by atoms with Crippen molar-refractivity contribution in [2.75, 3.05) is 20.2 Å². The van der Waals surface area contributed by atoms with Crippen LogP contribution in [0.1, 0.15) is 23.7 Å². The molecule has 0 radical (unpaired) electrons. The number of nitrogens with zero attached hydrogens (tertiary/aromatic N) is 1. The van der Waals surface area contributed by atoms with E-state index in [1.54, 1.807) is 19.5 Å². The highest BCUT2D eigenvalue weighted by atomic mass is 35.5. The number of amides is 1. The van der Waals surface area contributed by atoms with Gasteiger partial charge in [0.15, 0.2) is 0 Å². The molecule has 1 aromatic carbocycles. The van der Waals surface area contributed by atoms with Crippen molar-refractivity contribution in [1.29, 1.82) is 0 Å². The lowest BCUT2D eigenvalue weighted by Crippen LogP contribution is -2.50. The molecule has 7 heteroatoms. The third-order valence-corrected chi connectivity index (χ3v) is 4.57. The third kappa shape index (κ3) is 5.34. The third-order valence-electron chi connectivity index (χ3n) is 4.57. The van der Waals surface area contributed by atoms with E-state index in [0.29, 0.717) is 11.5 Å². The molecule has 0 aliphatic carbocycles. The second kappa shape index (κ2) is 10.4. The van der Waals surface area contributed by atoms with Crippen LogP contribution >= 0.6 is 24.8 Å². The maximum absolute atomic E-state index is 12.5. The molecule has 1 aliphatic heterocycles. The van der Waals surface area contributed by atoms with Gasteiger partial charge in [0.2, 0.25) is 0 Å². The summed E-state index contributed by atoms with van der Waals surface area (Å²) in [5.74, 6) is 1.21. The quantitative estimate of drug-likeness (QED) is 0.830. The first-order chi connectivity index (χ1) is 11.7. The standard InChI is InChI=1S/C19H23N3O2.2ClH/c1-13-7-8-20-12-18(13)22-19(23)16-9-15(10-21-11-16)14-3-5-17(24-2)6-4-14;;/h3-6,9-11,13,18,20H,7-8,12H2,1-2H3,(H,22,23);2*1H. The first-order valence-corrected chi connectivity index (χ1v) is 8.28. The lowest BCUT2D eigenvalue weighted by Gasteiger charge is -2.30. The number of ether oxygens (including phenoxy) is 1. The average Bonchev–Trinajstić information content (AvgIpc) is 2.64. The van der Waals surface area contributed by atoms with Gasteiger partial charge in [0, 0.05) is 30.5 Å². The molecule has 0 spiro atoms. The number of aromatic nitrogens is 1. The maximum atomic E-state index is 12.5. The second-order valence-electron chi connectivity index (χ2n) is 6.24. The van der Waals surface area contributed by atoms with Crippen LogP contribution < -0.4 is 15.4 Å². The topological polar surface area (TPSA) is 63.2 Å². The molecule has 1 aromatic heterocycles. The average molecular weight is 398 g/mol. The number of piperidine rings is 1. The highest BCUT2D eigenvalue weighted by Crippen LogP contribution is 2.22. The van der Waals surface area contributed by atoms with Crippen LogP contribution in [0.15, 0.2) is 42.7 Å². The van der Waals surface area contributed by atoms with Gasteiger partial charge in [-0.2, -0.15) is 0 Å². The second-order valence-corrected chi connectivity index (χ2v) is 6.24. The van der Waals surface area contributed by atoms with Crippen LogP contribution in [-0.2, 0) is 0 Å². The molecule has 5 nitrogen and oxygen atoms in total. The fourth-order valence-corrected chi connectivity index (χ4v) is 2.94. The summed E-state index contributed by atoms with van der Waals surface area (Å²) in [7, 11) is 1.64. The molecule has 0 bridgehead atoms. The largest absolute Gasteiger partial charge is 0.497 e. The van der Waals surface area contributed by atoms with Crippen molar-refractivity contribution in [3.05, 3.63) is 48.3 Å². The molecule has 2 aromatic rings. The summed E-state index contributed by atoms with van der Waals surface area (Å²) in [5, 5.41) is 6.45. The van der Waals surface area contributed by atoms with Crippen LogP contribution in [0.4, 0.5) is 0 Å². The minimum Gasteiger partial charge on any atom is -0.497 e. The van der Waals surface area contributed by atoms with Crippen molar-refractivity contribution < 1.29 is 9.53 Å². The van der Waals surface area contributed by atoms with Crippen molar-refractivity contribution in [1.82, 2.24) is 15.6 Å². The number of rotatable bonds is 4. The van der Waals surface area contributed by atoms with Crippen molar-refractivity contribution >= 4 is 30.7 Å². The van der Waals surface area contributed by atoms with Gasteiger partial charge in [-0.3, -0.25) is 9.78 Å². The zero-order valence-electron chi connectivity index (χ0n) is 14.9. The van der Waals surface area contributed by atoms with Gasteiger partial charge in [-0.15, -0.1) is 24.8 Å². The maximum Gasteiger partial charge on any atom is 0.253 e. The van der Waals surface area contributed by atoms with Crippen molar-refractivity contribution in [3.63, 3.8) is 0 Å². The van der Waals surface area contributed by atoms with Gasteiger partial charge in [-0.1, -0.05) is 19.1 Å². The van der Waals surface area contributed by atoms with E-state index in [-0.39, 0.29) is 36.8 Å². The highest BCUT2D eigenvalue weighted by Gasteiger charge is 2.23. The Hall–Kier alpha value is -1.82. The molecule has 3 rings (SSSR count). The van der Waals surface area contributed by atoms with E-state index in [0.717, 1.165) is 36.4 Å². The Morgan fingerprint density at radius 2 is 1.92 bits per heavy atom. The summed E-state index contributed by atoms with van der Waals surface area (Å²) >= 11 is 0. The van der Waals surface area contributed by atoms with Gasteiger partial charge in [-0.05, 0) is 42.6 Å². The molecule has 2 unspecified atom stereocenters. The molecular weight excluding hydrogens is 373 g/mol. The van der Waals surface area contributed by atoms with Crippen LogP contribution in [-0.4, -0.2) is 37.1 Å². The van der Waals surface area contributed by atoms with E-state index >= 15 is 0 Å². The van der Waals surface area contributed by atoms with Crippen molar-refractivity contribution in [3.8, 4) is 16.9 Å². The molecule has 142 valence electrons. The fraction of sp³-hybridized carbons (Fsp3) is 0.368. The van der Waals surface area contributed by atoms with E-state index in [4.69, 9.17) is 4.74 Å². The van der Waals surface area contributed by atoms with Crippen LogP contribution in [0.5, 0.6) is 5.75 Å². The molecular formula is C19H25Cl2N3O2. The van der Waals surface area contributed by atoms with Crippen LogP contribution in [0.3, 0.4) is 0 Å². The van der Waals surface area contributed by atoms with E-state index in [1.807, 2.05) is 30.3 Å². The molecule has 2 atom stereocenters. The zero-order chi connectivity index (χ0) is 16.9. The van der Waals surface area contributed by atoms with Crippen molar-refractivity contribution in [2.45, 2.75) is 19.4 Å². The van der Waals surface area contributed by atoms with E-state index in [2.05, 4.69) is 22.5 Å². The van der Waals surface area contributed by atoms with Gasteiger partial charge < -0.3 is 15.4 Å². The predicted molar refractivity (Wildman–Crippen MR) is 109 cm³/mol. The highest BCUT2D eigenvalue weighted by molar-refractivity contribution is 5.95. The number of hydrogen-bond donors (Lipinski definition) is 2. The molecule has 1 fully saturated rings. The number of benzene rings is 1. The Bertz CT molecular complexity index is 710. The number of methoxy groups -OCH3 is 1. The zero-order valence-corrected chi connectivity index (χ0v) is 16.5. The summed E-state index contributed by atoms with van der Waals surface area (Å²) in [6.45, 7) is 4.01. The first-order valence-electron chi connectivity index (χ1n) is 8.28. The Morgan fingerprint density at radius 1 is 1.19 bits per heavy atom. The Balaban J connectivity index is 0.00000169. The molecule has 1 aliphatic rings. The van der Waals surface area contributed by atoms with Crippen LogP contribution in [0, 0.1) is 5.92 Å². The van der Waals surface area contributed by atoms with Gasteiger partial charge in [0.25, 0.3) is 5.91 Å². The van der Waals surface area contributed by atoms with E-state index in [9.17, 15) is 4.79 Å². The smallest absolute Gasteiger partial charge is 0.253 e. The molecule has 26 heavy (non-hydrogen) atoms.